The highest BCUT2D eigenvalue weighted by Gasteiger charge is 2.13. The second-order valence-corrected chi connectivity index (χ2v) is 4.60. The summed E-state index contributed by atoms with van der Waals surface area (Å²) in [6.07, 6.45) is 0. The molecule has 0 radical (unpaired) electrons. The third kappa shape index (κ3) is 3.06. The number of hydrogen-bond acceptors (Lipinski definition) is 2. The van der Waals surface area contributed by atoms with Gasteiger partial charge in [0.25, 0.3) is 5.91 Å². The van der Waals surface area contributed by atoms with Gasteiger partial charge in [0, 0.05) is 7.05 Å². The Morgan fingerprint density at radius 3 is 2.50 bits per heavy atom. The van der Waals surface area contributed by atoms with E-state index < -0.39 is 0 Å². The number of nitrogens with one attached hydrogen (secondary N) is 2. The smallest absolute Gasteiger partial charge is 0.253 e. The van der Waals surface area contributed by atoms with Crippen molar-refractivity contribution in [2.75, 3.05) is 12.4 Å². The number of para-hydroxylation sites is 1. The van der Waals surface area contributed by atoms with E-state index in [1.54, 1.807) is 38.2 Å². The summed E-state index contributed by atoms with van der Waals surface area (Å²) in [4.78, 5) is 22.7. The van der Waals surface area contributed by atoms with Crippen molar-refractivity contribution >= 4 is 33.4 Å². The van der Waals surface area contributed by atoms with Gasteiger partial charge in [-0.25, -0.2) is 0 Å². The molecule has 0 bridgehead atoms. The van der Waals surface area contributed by atoms with Gasteiger partial charge in [-0.2, -0.15) is 0 Å². The molecule has 86 valence electrons. The highest BCUT2D eigenvalue weighted by Crippen LogP contribution is 2.15. The number of benzene rings is 1. The van der Waals surface area contributed by atoms with E-state index in [1.807, 2.05) is 0 Å². The first-order chi connectivity index (χ1) is 7.56. The van der Waals surface area contributed by atoms with Crippen LogP contribution in [0, 0.1) is 0 Å². The maximum Gasteiger partial charge on any atom is 0.253 e. The van der Waals surface area contributed by atoms with E-state index in [1.165, 1.54) is 0 Å². The second kappa shape index (κ2) is 5.65. The first-order valence-corrected chi connectivity index (χ1v) is 5.74. The van der Waals surface area contributed by atoms with Crippen LogP contribution in [0.2, 0.25) is 0 Å². The van der Waals surface area contributed by atoms with Crippen LogP contribution in [0.3, 0.4) is 0 Å². The fraction of sp³-hybridized carbons (Fsp3) is 0.273. The summed E-state index contributed by atoms with van der Waals surface area (Å²) in [6.45, 7) is 1.72. The predicted molar refractivity (Wildman–Crippen MR) is 66.9 cm³/mol. The van der Waals surface area contributed by atoms with Gasteiger partial charge < -0.3 is 10.6 Å². The molecule has 0 aliphatic carbocycles. The highest BCUT2D eigenvalue weighted by atomic mass is 79.9. The van der Waals surface area contributed by atoms with Crippen molar-refractivity contribution in [2.24, 2.45) is 0 Å². The Morgan fingerprint density at radius 2 is 1.94 bits per heavy atom. The number of alkyl halides is 1. The molecule has 2 N–H and O–H groups in total. The molecule has 0 spiro atoms. The van der Waals surface area contributed by atoms with Gasteiger partial charge in [-0.3, -0.25) is 9.59 Å². The van der Waals surface area contributed by atoms with E-state index in [0.717, 1.165) is 0 Å². The van der Waals surface area contributed by atoms with Crippen molar-refractivity contribution in [3.8, 4) is 0 Å². The van der Waals surface area contributed by atoms with E-state index in [2.05, 4.69) is 26.6 Å². The molecule has 0 aliphatic rings. The summed E-state index contributed by atoms with van der Waals surface area (Å²) in [5.74, 6) is -0.408. The van der Waals surface area contributed by atoms with Crippen LogP contribution >= 0.6 is 15.9 Å². The van der Waals surface area contributed by atoms with Crippen LogP contribution in [0.4, 0.5) is 5.69 Å². The molecule has 4 nitrogen and oxygen atoms in total. The van der Waals surface area contributed by atoms with Gasteiger partial charge in [0.05, 0.1) is 16.1 Å². The standard InChI is InChI=1S/C11H13BrN2O2/c1-7(12)10(15)14-9-6-4-3-5-8(9)11(16)13-2/h3-7H,1-2H3,(H,13,16)(H,14,15). The summed E-state index contributed by atoms with van der Waals surface area (Å²) >= 11 is 3.16. The van der Waals surface area contributed by atoms with Gasteiger partial charge in [0.15, 0.2) is 0 Å². The van der Waals surface area contributed by atoms with Crippen molar-refractivity contribution in [1.29, 1.82) is 0 Å². The minimum atomic E-state index is -0.301. The van der Waals surface area contributed by atoms with Gasteiger partial charge in [0.1, 0.15) is 0 Å². The lowest BCUT2D eigenvalue weighted by Crippen LogP contribution is -2.24. The lowest BCUT2D eigenvalue weighted by molar-refractivity contribution is -0.115. The topological polar surface area (TPSA) is 58.2 Å². The maximum absolute atomic E-state index is 11.5. The predicted octanol–water partition coefficient (Wildman–Crippen LogP) is 1.77. The average Bonchev–Trinajstić information content (AvgIpc) is 2.28. The minimum Gasteiger partial charge on any atom is -0.355 e. The Kier molecular flexibility index (Phi) is 4.49. The van der Waals surface area contributed by atoms with Gasteiger partial charge in [-0.05, 0) is 19.1 Å². The van der Waals surface area contributed by atoms with Crippen LogP contribution in [0.25, 0.3) is 0 Å². The summed E-state index contributed by atoms with van der Waals surface area (Å²) in [7, 11) is 1.55. The molecule has 0 fully saturated rings. The molecule has 0 aliphatic heterocycles. The van der Waals surface area contributed by atoms with Crippen LogP contribution in [-0.4, -0.2) is 23.7 Å². The normalized spacial score (nSPS) is 11.7. The van der Waals surface area contributed by atoms with Crippen molar-refractivity contribution in [3.05, 3.63) is 29.8 Å². The van der Waals surface area contributed by atoms with Gasteiger partial charge in [-0.15, -0.1) is 0 Å². The number of carbonyl (C=O) groups is 2. The molecule has 1 atom stereocenters. The molecule has 1 aromatic carbocycles. The van der Waals surface area contributed by atoms with Crippen LogP contribution in [0.1, 0.15) is 17.3 Å². The molecule has 0 aromatic heterocycles. The minimum absolute atomic E-state index is 0.184. The van der Waals surface area contributed by atoms with E-state index >= 15 is 0 Å². The molecule has 16 heavy (non-hydrogen) atoms. The SMILES string of the molecule is CNC(=O)c1ccccc1NC(=O)C(C)Br. The summed E-state index contributed by atoms with van der Waals surface area (Å²) in [5, 5.41) is 5.20. The molecule has 5 heteroatoms. The molecule has 1 aromatic rings. The third-order valence-electron chi connectivity index (χ3n) is 2.02. The van der Waals surface area contributed by atoms with E-state index in [-0.39, 0.29) is 16.6 Å². The van der Waals surface area contributed by atoms with E-state index in [4.69, 9.17) is 0 Å². The summed E-state index contributed by atoms with van der Waals surface area (Å²) < 4.78 is 0. The van der Waals surface area contributed by atoms with Crippen molar-refractivity contribution in [2.45, 2.75) is 11.8 Å². The molecule has 1 rings (SSSR count). The Bertz CT molecular complexity index is 405. The monoisotopic (exact) mass is 284 g/mol. The van der Waals surface area contributed by atoms with Crippen molar-refractivity contribution < 1.29 is 9.59 Å². The Labute approximate surface area is 103 Å². The molecule has 1 unspecified atom stereocenters. The Morgan fingerprint density at radius 1 is 1.31 bits per heavy atom. The number of halogens is 1. The third-order valence-corrected chi connectivity index (χ3v) is 2.43. The number of anilines is 1. The lowest BCUT2D eigenvalue weighted by atomic mass is 10.1. The first-order valence-electron chi connectivity index (χ1n) is 4.82. The zero-order chi connectivity index (χ0) is 12.1. The first kappa shape index (κ1) is 12.7. The molecule has 0 heterocycles. The largest absolute Gasteiger partial charge is 0.355 e. The zero-order valence-electron chi connectivity index (χ0n) is 9.08. The summed E-state index contributed by atoms with van der Waals surface area (Å²) in [5.41, 5.74) is 0.963. The van der Waals surface area contributed by atoms with Crippen LogP contribution in [0.15, 0.2) is 24.3 Å². The second-order valence-electron chi connectivity index (χ2n) is 3.23. The molecule has 0 saturated carbocycles. The quantitative estimate of drug-likeness (QED) is 0.831. The van der Waals surface area contributed by atoms with E-state index in [0.29, 0.717) is 11.3 Å². The number of hydrogen-bond donors (Lipinski definition) is 2. The van der Waals surface area contributed by atoms with Crippen molar-refractivity contribution in [1.82, 2.24) is 5.32 Å². The van der Waals surface area contributed by atoms with Crippen LogP contribution in [-0.2, 0) is 4.79 Å². The number of rotatable bonds is 3. The molecule has 0 saturated heterocycles. The van der Waals surface area contributed by atoms with Crippen LogP contribution < -0.4 is 10.6 Å². The number of amides is 2. The summed E-state index contributed by atoms with van der Waals surface area (Å²) in [6, 6.07) is 6.87. The Hall–Kier alpha value is -1.36. The average molecular weight is 285 g/mol. The molecular formula is C11H13BrN2O2. The fourth-order valence-electron chi connectivity index (χ4n) is 1.16. The van der Waals surface area contributed by atoms with Gasteiger partial charge in [0.2, 0.25) is 5.91 Å². The fourth-order valence-corrected chi connectivity index (χ4v) is 1.27. The molecular weight excluding hydrogens is 272 g/mol. The highest BCUT2D eigenvalue weighted by molar-refractivity contribution is 9.10. The lowest BCUT2D eigenvalue weighted by Gasteiger charge is -2.10. The van der Waals surface area contributed by atoms with Crippen LogP contribution in [0.5, 0.6) is 0 Å². The maximum atomic E-state index is 11.5. The number of carbonyl (C=O) groups excluding carboxylic acids is 2. The Balaban J connectivity index is 2.95. The van der Waals surface area contributed by atoms with Crippen molar-refractivity contribution in [3.63, 3.8) is 0 Å². The van der Waals surface area contributed by atoms with Gasteiger partial charge >= 0.3 is 0 Å². The van der Waals surface area contributed by atoms with Gasteiger partial charge in [-0.1, -0.05) is 28.1 Å². The molecule has 2 amide bonds. The van der Waals surface area contributed by atoms with E-state index in [9.17, 15) is 9.59 Å². The zero-order valence-corrected chi connectivity index (χ0v) is 10.7.